The summed E-state index contributed by atoms with van der Waals surface area (Å²) in [6.07, 6.45) is 1.82. The van der Waals surface area contributed by atoms with Crippen molar-refractivity contribution in [2.45, 2.75) is 0 Å². The third kappa shape index (κ3) is 1.32. The minimum atomic E-state index is -0.0106. The first-order chi connectivity index (χ1) is 6.72. The second-order valence-electron chi connectivity index (χ2n) is 3.30. The molecule has 2 rings (SSSR count). The van der Waals surface area contributed by atoms with Crippen LogP contribution >= 0.6 is 0 Å². The summed E-state index contributed by atoms with van der Waals surface area (Å²) in [6.45, 7) is 3.77. The molecule has 0 unspecified atom stereocenters. The van der Waals surface area contributed by atoms with E-state index in [9.17, 15) is 0 Å². The molecule has 0 aliphatic carbocycles. The lowest BCUT2D eigenvalue weighted by Crippen LogP contribution is -1.91. The van der Waals surface area contributed by atoms with E-state index in [-0.39, 0.29) is 6.61 Å². The number of hydrogen-bond acceptors (Lipinski definition) is 2. The Hall–Kier alpha value is -1.61. The van der Waals surface area contributed by atoms with Crippen LogP contribution in [0, 0.1) is 0 Å². The van der Waals surface area contributed by atoms with E-state index in [0.29, 0.717) is 0 Å². The van der Waals surface area contributed by atoms with Gasteiger partial charge in [-0.2, -0.15) is 5.10 Å². The van der Waals surface area contributed by atoms with Gasteiger partial charge in [0.2, 0.25) is 0 Å². The number of fused-ring (bicyclic) bond motifs is 1. The zero-order valence-electron chi connectivity index (χ0n) is 8.07. The summed E-state index contributed by atoms with van der Waals surface area (Å²) in [6, 6.07) is 5.92. The van der Waals surface area contributed by atoms with Crippen molar-refractivity contribution in [1.29, 1.82) is 0 Å². The van der Waals surface area contributed by atoms with E-state index >= 15 is 0 Å². The summed E-state index contributed by atoms with van der Waals surface area (Å²) < 4.78 is 1.81. The van der Waals surface area contributed by atoms with Crippen molar-refractivity contribution < 1.29 is 5.11 Å². The molecule has 0 atom stereocenters. The highest BCUT2D eigenvalue weighted by Gasteiger charge is 2.02. The van der Waals surface area contributed by atoms with Crippen LogP contribution in [0.4, 0.5) is 0 Å². The van der Waals surface area contributed by atoms with Crippen molar-refractivity contribution >= 4 is 16.5 Å². The van der Waals surface area contributed by atoms with Crippen LogP contribution in [-0.2, 0) is 7.05 Å². The Morgan fingerprint density at radius 3 is 3.07 bits per heavy atom. The molecular formula is C11H12N2O. The summed E-state index contributed by atoms with van der Waals surface area (Å²) in [5, 5.41) is 14.2. The molecular weight excluding hydrogens is 176 g/mol. The summed E-state index contributed by atoms with van der Waals surface area (Å²) in [4.78, 5) is 0. The lowest BCUT2D eigenvalue weighted by molar-refractivity contribution is 0.350. The molecule has 1 aromatic heterocycles. The highest BCUT2D eigenvalue weighted by Crippen LogP contribution is 2.19. The molecule has 0 radical (unpaired) electrons. The fourth-order valence-electron chi connectivity index (χ4n) is 1.46. The number of hydrogen-bond donors (Lipinski definition) is 1. The maximum absolute atomic E-state index is 8.96. The third-order valence-electron chi connectivity index (χ3n) is 2.35. The Labute approximate surface area is 82.3 Å². The Morgan fingerprint density at radius 1 is 1.57 bits per heavy atom. The van der Waals surface area contributed by atoms with Gasteiger partial charge in [0.05, 0.1) is 18.3 Å². The summed E-state index contributed by atoms with van der Waals surface area (Å²) >= 11 is 0. The van der Waals surface area contributed by atoms with Crippen LogP contribution in [0.3, 0.4) is 0 Å². The van der Waals surface area contributed by atoms with Gasteiger partial charge in [-0.3, -0.25) is 4.68 Å². The van der Waals surface area contributed by atoms with Crippen molar-refractivity contribution in [3.63, 3.8) is 0 Å². The van der Waals surface area contributed by atoms with Crippen LogP contribution in [0.15, 0.2) is 31.0 Å². The average Bonchev–Trinajstić information content (AvgIpc) is 2.59. The number of rotatable bonds is 2. The van der Waals surface area contributed by atoms with Crippen molar-refractivity contribution in [3.05, 3.63) is 36.5 Å². The molecule has 0 spiro atoms. The second kappa shape index (κ2) is 3.27. The topological polar surface area (TPSA) is 38.1 Å². The average molecular weight is 188 g/mol. The predicted octanol–water partition coefficient (Wildman–Crippen LogP) is 1.58. The van der Waals surface area contributed by atoms with Gasteiger partial charge in [-0.1, -0.05) is 18.7 Å². The maximum atomic E-state index is 8.96. The standard InChI is InChI=1S/C11H12N2O/c1-8(7-14)9-3-4-10-6-12-13(2)11(10)5-9/h3-6,14H,1,7H2,2H3. The fraction of sp³-hybridized carbons (Fsp3) is 0.182. The Balaban J connectivity index is 2.60. The largest absolute Gasteiger partial charge is 0.392 e. The maximum Gasteiger partial charge on any atom is 0.0685 e. The van der Waals surface area contributed by atoms with E-state index in [1.807, 2.05) is 36.1 Å². The van der Waals surface area contributed by atoms with Crippen LogP contribution in [0.2, 0.25) is 0 Å². The number of aromatic nitrogens is 2. The van der Waals surface area contributed by atoms with Crippen LogP contribution in [0.1, 0.15) is 5.56 Å². The molecule has 3 nitrogen and oxygen atoms in total. The molecule has 14 heavy (non-hydrogen) atoms. The van der Waals surface area contributed by atoms with Gasteiger partial charge < -0.3 is 5.11 Å². The molecule has 0 fully saturated rings. The molecule has 0 amide bonds. The molecule has 0 aliphatic rings. The van der Waals surface area contributed by atoms with E-state index in [1.165, 1.54) is 0 Å². The molecule has 0 aliphatic heterocycles. The van der Waals surface area contributed by atoms with E-state index in [2.05, 4.69) is 11.7 Å². The van der Waals surface area contributed by atoms with Crippen LogP contribution in [0.25, 0.3) is 16.5 Å². The molecule has 0 bridgehead atoms. The Morgan fingerprint density at radius 2 is 2.36 bits per heavy atom. The van der Waals surface area contributed by atoms with Gasteiger partial charge in [-0.05, 0) is 17.2 Å². The van der Waals surface area contributed by atoms with Gasteiger partial charge in [-0.15, -0.1) is 0 Å². The minimum absolute atomic E-state index is 0.0106. The van der Waals surface area contributed by atoms with Gasteiger partial charge in [0.15, 0.2) is 0 Å². The molecule has 1 N–H and O–H groups in total. The van der Waals surface area contributed by atoms with Gasteiger partial charge in [0, 0.05) is 12.4 Å². The number of benzene rings is 1. The molecule has 0 saturated carbocycles. The fourth-order valence-corrected chi connectivity index (χ4v) is 1.46. The first kappa shape index (κ1) is 8.97. The van der Waals surface area contributed by atoms with E-state index in [4.69, 9.17) is 5.11 Å². The van der Waals surface area contributed by atoms with Crippen molar-refractivity contribution in [1.82, 2.24) is 9.78 Å². The van der Waals surface area contributed by atoms with Gasteiger partial charge in [0.1, 0.15) is 0 Å². The molecule has 3 heteroatoms. The van der Waals surface area contributed by atoms with Crippen LogP contribution in [0.5, 0.6) is 0 Å². The highest BCUT2D eigenvalue weighted by molar-refractivity contribution is 5.83. The van der Waals surface area contributed by atoms with Gasteiger partial charge in [-0.25, -0.2) is 0 Å². The lowest BCUT2D eigenvalue weighted by atomic mass is 10.1. The quantitative estimate of drug-likeness (QED) is 0.777. The monoisotopic (exact) mass is 188 g/mol. The van der Waals surface area contributed by atoms with Crippen molar-refractivity contribution in [2.75, 3.05) is 6.61 Å². The smallest absolute Gasteiger partial charge is 0.0685 e. The second-order valence-corrected chi connectivity index (χ2v) is 3.30. The van der Waals surface area contributed by atoms with E-state index < -0.39 is 0 Å². The number of aryl methyl sites for hydroxylation is 1. The van der Waals surface area contributed by atoms with Crippen molar-refractivity contribution in [2.24, 2.45) is 7.05 Å². The number of aliphatic hydroxyl groups excluding tert-OH is 1. The Bertz CT molecular complexity index is 485. The minimum Gasteiger partial charge on any atom is -0.392 e. The van der Waals surface area contributed by atoms with Gasteiger partial charge >= 0.3 is 0 Å². The third-order valence-corrected chi connectivity index (χ3v) is 2.35. The van der Waals surface area contributed by atoms with E-state index in [0.717, 1.165) is 22.0 Å². The van der Waals surface area contributed by atoms with Crippen LogP contribution < -0.4 is 0 Å². The Kier molecular flexibility index (Phi) is 2.09. The highest BCUT2D eigenvalue weighted by atomic mass is 16.3. The number of nitrogens with zero attached hydrogens (tertiary/aromatic N) is 2. The molecule has 0 saturated heterocycles. The lowest BCUT2D eigenvalue weighted by Gasteiger charge is -2.02. The molecule has 72 valence electrons. The van der Waals surface area contributed by atoms with Crippen LogP contribution in [-0.4, -0.2) is 21.5 Å². The molecule has 2 aromatic rings. The summed E-state index contributed by atoms with van der Waals surface area (Å²) in [7, 11) is 1.90. The first-order valence-corrected chi connectivity index (χ1v) is 4.43. The normalized spacial score (nSPS) is 10.7. The summed E-state index contributed by atoms with van der Waals surface area (Å²) in [5.41, 5.74) is 2.74. The van der Waals surface area contributed by atoms with Gasteiger partial charge in [0.25, 0.3) is 0 Å². The zero-order valence-corrected chi connectivity index (χ0v) is 8.07. The predicted molar refractivity (Wildman–Crippen MR) is 56.8 cm³/mol. The summed E-state index contributed by atoms with van der Waals surface area (Å²) in [5.74, 6) is 0. The van der Waals surface area contributed by atoms with Crippen molar-refractivity contribution in [3.8, 4) is 0 Å². The number of aliphatic hydroxyl groups is 1. The molecule has 1 heterocycles. The zero-order chi connectivity index (χ0) is 10.1. The molecule has 1 aromatic carbocycles. The SMILES string of the molecule is C=C(CO)c1ccc2cnn(C)c2c1. The first-order valence-electron chi connectivity index (χ1n) is 4.43. The van der Waals surface area contributed by atoms with E-state index in [1.54, 1.807) is 0 Å².